The van der Waals surface area contributed by atoms with Gasteiger partial charge in [-0.3, -0.25) is 19.6 Å². The summed E-state index contributed by atoms with van der Waals surface area (Å²) in [7, 11) is 0. The molecule has 1 amide bonds. The van der Waals surface area contributed by atoms with Gasteiger partial charge >= 0.3 is 0 Å². The van der Waals surface area contributed by atoms with Gasteiger partial charge in [-0.2, -0.15) is 5.10 Å². The van der Waals surface area contributed by atoms with Crippen molar-refractivity contribution in [3.05, 3.63) is 75.1 Å². The summed E-state index contributed by atoms with van der Waals surface area (Å²) in [4.78, 5) is 25.0. The molecular weight excluding hydrogens is 400 g/mol. The minimum Gasteiger partial charge on any atom is -0.320 e. The number of carbonyl (C=O) groups is 1. The lowest BCUT2D eigenvalue weighted by Gasteiger charge is -2.09. The molecule has 3 aromatic rings. The van der Waals surface area contributed by atoms with Gasteiger partial charge in [0, 0.05) is 34.2 Å². The largest absolute Gasteiger partial charge is 0.320 e. The molecular formula is C19H17ClN4O3S. The van der Waals surface area contributed by atoms with Crippen LogP contribution in [0, 0.1) is 17.0 Å². The Morgan fingerprint density at radius 3 is 2.61 bits per heavy atom. The zero-order chi connectivity index (χ0) is 20.3. The van der Waals surface area contributed by atoms with Crippen LogP contribution in [-0.4, -0.2) is 20.6 Å². The number of nitro benzene ring substituents is 1. The van der Waals surface area contributed by atoms with E-state index < -0.39 is 10.8 Å². The summed E-state index contributed by atoms with van der Waals surface area (Å²) in [6.07, 6.45) is 1.39. The van der Waals surface area contributed by atoms with Crippen molar-refractivity contribution < 1.29 is 9.72 Å². The van der Waals surface area contributed by atoms with Crippen molar-refractivity contribution in [1.82, 2.24) is 9.78 Å². The van der Waals surface area contributed by atoms with Crippen molar-refractivity contribution in [2.45, 2.75) is 30.2 Å². The van der Waals surface area contributed by atoms with Crippen LogP contribution in [0.2, 0.25) is 5.02 Å². The lowest BCUT2D eigenvalue weighted by molar-refractivity contribution is -0.385. The van der Waals surface area contributed by atoms with Gasteiger partial charge in [0.05, 0.1) is 16.1 Å². The Bertz CT molecular complexity index is 1030. The Morgan fingerprint density at radius 2 is 1.96 bits per heavy atom. The zero-order valence-corrected chi connectivity index (χ0v) is 16.8. The van der Waals surface area contributed by atoms with E-state index in [1.165, 1.54) is 34.8 Å². The highest BCUT2D eigenvalue weighted by Crippen LogP contribution is 2.33. The molecule has 3 rings (SSSR count). The van der Waals surface area contributed by atoms with Crippen LogP contribution in [0.4, 0.5) is 11.4 Å². The molecule has 1 N–H and O–H groups in total. The number of aromatic nitrogens is 2. The van der Waals surface area contributed by atoms with E-state index in [2.05, 4.69) is 10.4 Å². The lowest BCUT2D eigenvalue weighted by atomic mass is 10.2. The third kappa shape index (κ3) is 4.52. The molecule has 0 aliphatic carbocycles. The number of anilines is 1. The average Bonchev–Trinajstić information content (AvgIpc) is 3.04. The number of rotatable bonds is 6. The minimum absolute atomic E-state index is 0.109. The van der Waals surface area contributed by atoms with Crippen LogP contribution in [-0.2, 0) is 6.54 Å². The van der Waals surface area contributed by atoms with E-state index in [1.807, 2.05) is 38.1 Å². The maximum Gasteiger partial charge on any atom is 0.275 e. The number of nitro groups is 1. The van der Waals surface area contributed by atoms with Gasteiger partial charge in [0.1, 0.15) is 5.69 Å². The molecule has 0 bridgehead atoms. The molecule has 0 saturated carbocycles. The molecule has 0 saturated heterocycles. The van der Waals surface area contributed by atoms with E-state index in [0.29, 0.717) is 17.1 Å². The smallest absolute Gasteiger partial charge is 0.275 e. The van der Waals surface area contributed by atoms with Crippen LogP contribution in [0.5, 0.6) is 0 Å². The number of aryl methyl sites for hydroxylation is 2. The second-order valence-electron chi connectivity index (χ2n) is 6.00. The van der Waals surface area contributed by atoms with Crippen molar-refractivity contribution in [3.8, 4) is 0 Å². The van der Waals surface area contributed by atoms with Gasteiger partial charge in [0.25, 0.3) is 11.6 Å². The van der Waals surface area contributed by atoms with E-state index in [-0.39, 0.29) is 16.4 Å². The van der Waals surface area contributed by atoms with E-state index in [4.69, 9.17) is 11.6 Å². The second-order valence-corrected chi connectivity index (χ2v) is 7.55. The highest BCUT2D eigenvalue weighted by molar-refractivity contribution is 7.99. The fourth-order valence-electron chi connectivity index (χ4n) is 2.58. The number of nitrogens with one attached hydrogen (secondary N) is 1. The number of non-ortho nitro benzene ring substituents is 1. The van der Waals surface area contributed by atoms with Gasteiger partial charge in [-0.05, 0) is 32.0 Å². The summed E-state index contributed by atoms with van der Waals surface area (Å²) in [6, 6.07) is 12.3. The van der Waals surface area contributed by atoms with Gasteiger partial charge < -0.3 is 5.32 Å². The number of carbonyl (C=O) groups excluding carboxylic acids is 1. The summed E-state index contributed by atoms with van der Waals surface area (Å²) in [5.74, 6) is -0.476. The first kappa shape index (κ1) is 19.9. The molecule has 9 heteroatoms. The summed E-state index contributed by atoms with van der Waals surface area (Å²) in [5, 5.41) is 18.3. The zero-order valence-electron chi connectivity index (χ0n) is 15.2. The molecule has 0 fully saturated rings. The molecule has 7 nitrogen and oxygen atoms in total. The van der Waals surface area contributed by atoms with Crippen LogP contribution >= 0.6 is 23.4 Å². The Hall–Kier alpha value is -2.84. The fraction of sp³-hybridized carbons (Fsp3) is 0.158. The minimum atomic E-state index is -0.488. The summed E-state index contributed by atoms with van der Waals surface area (Å²) in [6.45, 7) is 4.30. The number of hydrogen-bond acceptors (Lipinski definition) is 5. The molecule has 0 unspecified atom stereocenters. The van der Waals surface area contributed by atoms with Crippen molar-refractivity contribution in [1.29, 1.82) is 0 Å². The predicted molar refractivity (Wildman–Crippen MR) is 109 cm³/mol. The quantitative estimate of drug-likeness (QED) is 0.441. The molecule has 0 spiro atoms. The number of nitrogens with zero attached hydrogens (tertiary/aromatic N) is 3. The molecule has 1 heterocycles. The van der Waals surface area contributed by atoms with Crippen LogP contribution < -0.4 is 5.32 Å². The molecule has 28 heavy (non-hydrogen) atoms. The fourth-order valence-corrected chi connectivity index (χ4v) is 3.72. The highest BCUT2D eigenvalue weighted by atomic mass is 35.5. The lowest BCUT2D eigenvalue weighted by Crippen LogP contribution is -2.18. The Balaban J connectivity index is 1.90. The number of halogens is 1. The molecule has 0 atom stereocenters. The number of hydrogen-bond donors (Lipinski definition) is 1. The van der Waals surface area contributed by atoms with Gasteiger partial charge in [-0.1, -0.05) is 41.1 Å². The number of amides is 1. The first-order chi connectivity index (χ1) is 13.4. The Kier molecular flexibility index (Phi) is 6.01. The molecule has 2 aromatic carbocycles. The molecule has 144 valence electrons. The van der Waals surface area contributed by atoms with E-state index >= 15 is 0 Å². The Labute approximate surface area is 170 Å². The topological polar surface area (TPSA) is 90.1 Å². The van der Waals surface area contributed by atoms with E-state index in [0.717, 1.165) is 10.5 Å². The normalized spacial score (nSPS) is 10.7. The van der Waals surface area contributed by atoms with Crippen LogP contribution in [0.25, 0.3) is 0 Å². The summed E-state index contributed by atoms with van der Waals surface area (Å²) < 4.78 is 1.47. The van der Waals surface area contributed by atoms with Crippen molar-refractivity contribution in [2.24, 2.45) is 0 Å². The second kappa shape index (κ2) is 8.45. The highest BCUT2D eigenvalue weighted by Gasteiger charge is 2.19. The van der Waals surface area contributed by atoms with Gasteiger partial charge in [-0.15, -0.1) is 0 Å². The SMILES string of the molecule is CCn1ncc(Cl)c1C(=O)Nc1cc(Sc2ccc(C)cc2)cc([N+](=O)[O-])c1. The first-order valence-corrected chi connectivity index (χ1v) is 9.63. The maximum atomic E-state index is 12.6. The van der Waals surface area contributed by atoms with Crippen molar-refractivity contribution in [3.63, 3.8) is 0 Å². The summed E-state index contributed by atoms with van der Waals surface area (Å²) in [5.41, 5.74) is 1.54. The van der Waals surface area contributed by atoms with Gasteiger partial charge in [0.2, 0.25) is 0 Å². The monoisotopic (exact) mass is 416 g/mol. The van der Waals surface area contributed by atoms with Crippen molar-refractivity contribution >= 4 is 40.6 Å². The van der Waals surface area contributed by atoms with Gasteiger partial charge in [-0.25, -0.2) is 0 Å². The van der Waals surface area contributed by atoms with Crippen LogP contribution in [0.15, 0.2) is 58.5 Å². The van der Waals surface area contributed by atoms with Gasteiger partial charge in [0.15, 0.2) is 0 Å². The molecule has 0 radical (unpaired) electrons. The third-order valence-electron chi connectivity index (χ3n) is 3.93. The maximum absolute atomic E-state index is 12.6. The first-order valence-electron chi connectivity index (χ1n) is 8.44. The van der Waals surface area contributed by atoms with Crippen LogP contribution in [0.3, 0.4) is 0 Å². The standard InChI is InChI=1S/C19H17ClN4O3S/c1-3-23-18(17(20)11-21-23)19(25)22-13-8-14(24(26)27)10-16(9-13)28-15-6-4-12(2)5-7-15/h4-11H,3H2,1-2H3,(H,22,25). The van der Waals surface area contributed by atoms with E-state index in [1.54, 1.807) is 6.07 Å². The predicted octanol–water partition coefficient (Wildman–Crippen LogP) is 5.18. The molecule has 1 aromatic heterocycles. The Morgan fingerprint density at radius 1 is 1.25 bits per heavy atom. The summed E-state index contributed by atoms with van der Waals surface area (Å²) >= 11 is 7.44. The van der Waals surface area contributed by atoms with E-state index in [9.17, 15) is 14.9 Å². The number of benzene rings is 2. The average molecular weight is 417 g/mol. The third-order valence-corrected chi connectivity index (χ3v) is 5.18. The molecule has 0 aliphatic rings. The van der Waals surface area contributed by atoms with Crippen LogP contribution in [0.1, 0.15) is 23.0 Å². The van der Waals surface area contributed by atoms with Crippen molar-refractivity contribution in [2.75, 3.05) is 5.32 Å². The molecule has 0 aliphatic heterocycles.